The number of para-hydroxylation sites is 1. The van der Waals surface area contributed by atoms with E-state index in [-0.39, 0.29) is 0 Å². The first kappa shape index (κ1) is 13.1. The fourth-order valence-electron chi connectivity index (χ4n) is 1.38. The maximum Gasteiger partial charge on any atom is 0.171 e. The van der Waals surface area contributed by atoms with Gasteiger partial charge in [0.1, 0.15) is 0 Å². The summed E-state index contributed by atoms with van der Waals surface area (Å²) in [5, 5.41) is 0. The van der Waals surface area contributed by atoms with Gasteiger partial charge in [0.2, 0.25) is 0 Å². The number of aldehydes is 1. The number of carbonyl (C=O) groups is 1. The van der Waals surface area contributed by atoms with Crippen LogP contribution >= 0.6 is 0 Å². The predicted octanol–water partition coefficient (Wildman–Crippen LogP) is 2.69. The summed E-state index contributed by atoms with van der Waals surface area (Å²) in [6.45, 7) is 4.66. The topological polar surface area (TPSA) is 35.5 Å². The van der Waals surface area contributed by atoms with Crippen molar-refractivity contribution in [2.75, 3.05) is 13.2 Å². The van der Waals surface area contributed by atoms with Crippen LogP contribution in [0.2, 0.25) is 0 Å². The summed E-state index contributed by atoms with van der Waals surface area (Å²) in [6.07, 6.45) is 1.40. The van der Waals surface area contributed by atoms with Crippen LogP contribution in [0, 0.1) is 11.8 Å². The normalized spacial score (nSPS) is 9.06. The van der Waals surface area contributed by atoms with E-state index in [1.165, 1.54) is 0 Å². The van der Waals surface area contributed by atoms with Crippen LogP contribution in [0.5, 0.6) is 11.5 Å². The minimum absolute atomic E-state index is 0.450. The zero-order valence-corrected chi connectivity index (χ0v) is 10.2. The molecule has 0 radical (unpaired) electrons. The Hall–Kier alpha value is -1.95. The van der Waals surface area contributed by atoms with E-state index in [0.29, 0.717) is 36.7 Å². The van der Waals surface area contributed by atoms with Crippen LogP contribution in [0.15, 0.2) is 18.2 Å². The van der Waals surface area contributed by atoms with Crippen LogP contribution < -0.4 is 9.47 Å². The molecule has 17 heavy (non-hydrogen) atoms. The fourth-order valence-corrected chi connectivity index (χ4v) is 1.38. The van der Waals surface area contributed by atoms with Gasteiger partial charge in [-0.15, -0.1) is 11.8 Å². The Labute approximate surface area is 102 Å². The van der Waals surface area contributed by atoms with Crippen LogP contribution in [-0.4, -0.2) is 19.5 Å². The summed E-state index contributed by atoms with van der Waals surface area (Å²) in [7, 11) is 0. The average Bonchev–Trinajstić information content (AvgIpc) is 2.36. The molecule has 3 heteroatoms. The van der Waals surface area contributed by atoms with Gasteiger partial charge in [0.05, 0.1) is 18.8 Å². The van der Waals surface area contributed by atoms with Gasteiger partial charge in [-0.25, -0.2) is 0 Å². The third-order valence-electron chi connectivity index (χ3n) is 2.09. The summed E-state index contributed by atoms with van der Waals surface area (Å²) in [4.78, 5) is 10.9. The van der Waals surface area contributed by atoms with Gasteiger partial charge in [-0.05, 0) is 26.0 Å². The molecular formula is C14H16O3. The van der Waals surface area contributed by atoms with Crippen molar-refractivity contribution < 1.29 is 14.3 Å². The fraction of sp³-hybridized carbons (Fsp3) is 0.357. The van der Waals surface area contributed by atoms with E-state index in [1.54, 1.807) is 25.1 Å². The third kappa shape index (κ3) is 3.84. The van der Waals surface area contributed by atoms with E-state index in [9.17, 15) is 4.79 Å². The lowest BCUT2D eigenvalue weighted by Gasteiger charge is -2.12. The standard InChI is InChI=1S/C14H16O3/c1-3-5-6-10-17-14-12(11-15)8-7-9-13(14)16-4-2/h7-9,11H,4,6,10H2,1-2H3. The van der Waals surface area contributed by atoms with Crippen molar-refractivity contribution in [3.8, 4) is 23.3 Å². The van der Waals surface area contributed by atoms with Gasteiger partial charge in [-0.2, -0.15) is 0 Å². The number of hydrogen-bond acceptors (Lipinski definition) is 3. The van der Waals surface area contributed by atoms with Crippen LogP contribution in [0.3, 0.4) is 0 Å². The lowest BCUT2D eigenvalue weighted by atomic mass is 10.2. The quantitative estimate of drug-likeness (QED) is 0.430. The first-order valence-corrected chi connectivity index (χ1v) is 5.56. The van der Waals surface area contributed by atoms with Crippen molar-refractivity contribution in [2.24, 2.45) is 0 Å². The van der Waals surface area contributed by atoms with E-state index in [4.69, 9.17) is 9.47 Å². The molecule has 1 aromatic rings. The van der Waals surface area contributed by atoms with Gasteiger partial charge >= 0.3 is 0 Å². The van der Waals surface area contributed by atoms with Crippen LogP contribution in [-0.2, 0) is 0 Å². The number of carbonyl (C=O) groups excluding carboxylic acids is 1. The summed E-state index contributed by atoms with van der Waals surface area (Å²) >= 11 is 0. The molecule has 1 rings (SSSR count). The zero-order valence-electron chi connectivity index (χ0n) is 10.2. The SMILES string of the molecule is CC#CCCOc1c(C=O)cccc1OCC. The molecule has 0 fully saturated rings. The summed E-state index contributed by atoms with van der Waals surface area (Å²) < 4.78 is 11.0. The summed E-state index contributed by atoms with van der Waals surface area (Å²) in [5.74, 6) is 6.80. The van der Waals surface area contributed by atoms with Gasteiger partial charge in [0.25, 0.3) is 0 Å². The number of ether oxygens (including phenoxy) is 2. The van der Waals surface area contributed by atoms with Crippen molar-refractivity contribution >= 4 is 6.29 Å². The Balaban J connectivity index is 2.83. The van der Waals surface area contributed by atoms with E-state index in [0.717, 1.165) is 6.29 Å². The van der Waals surface area contributed by atoms with Crippen LogP contribution in [0.1, 0.15) is 30.6 Å². The first-order valence-electron chi connectivity index (χ1n) is 5.56. The van der Waals surface area contributed by atoms with E-state index >= 15 is 0 Å². The van der Waals surface area contributed by atoms with Crippen molar-refractivity contribution in [3.63, 3.8) is 0 Å². The van der Waals surface area contributed by atoms with E-state index in [2.05, 4.69) is 11.8 Å². The highest BCUT2D eigenvalue weighted by atomic mass is 16.5. The second-order valence-corrected chi connectivity index (χ2v) is 3.25. The first-order chi connectivity index (χ1) is 8.33. The van der Waals surface area contributed by atoms with Gasteiger partial charge in [0, 0.05) is 6.42 Å². The average molecular weight is 232 g/mol. The molecule has 0 aliphatic carbocycles. The van der Waals surface area contributed by atoms with Gasteiger partial charge < -0.3 is 9.47 Å². The molecule has 0 aliphatic rings. The summed E-state index contributed by atoms with van der Waals surface area (Å²) in [6, 6.07) is 5.27. The maximum absolute atomic E-state index is 10.9. The molecule has 90 valence electrons. The minimum Gasteiger partial charge on any atom is -0.490 e. The largest absolute Gasteiger partial charge is 0.490 e. The number of hydrogen-bond donors (Lipinski definition) is 0. The molecule has 0 heterocycles. The molecular weight excluding hydrogens is 216 g/mol. The molecule has 0 amide bonds. The second-order valence-electron chi connectivity index (χ2n) is 3.25. The predicted molar refractivity (Wildman–Crippen MR) is 66.6 cm³/mol. The van der Waals surface area contributed by atoms with Crippen molar-refractivity contribution in [1.29, 1.82) is 0 Å². The highest BCUT2D eigenvalue weighted by Crippen LogP contribution is 2.30. The molecule has 0 saturated heterocycles. The van der Waals surface area contributed by atoms with E-state index in [1.807, 2.05) is 6.92 Å². The summed E-state index contributed by atoms with van der Waals surface area (Å²) in [5.41, 5.74) is 0.500. The van der Waals surface area contributed by atoms with Crippen LogP contribution in [0.4, 0.5) is 0 Å². The molecule has 0 bridgehead atoms. The van der Waals surface area contributed by atoms with Gasteiger partial charge in [-0.1, -0.05) is 6.07 Å². The van der Waals surface area contributed by atoms with Crippen molar-refractivity contribution in [2.45, 2.75) is 20.3 Å². The molecule has 0 unspecified atom stereocenters. The molecule has 0 saturated carbocycles. The molecule has 3 nitrogen and oxygen atoms in total. The Morgan fingerprint density at radius 1 is 1.35 bits per heavy atom. The van der Waals surface area contributed by atoms with Gasteiger partial charge in [0.15, 0.2) is 17.8 Å². The van der Waals surface area contributed by atoms with Crippen molar-refractivity contribution in [1.82, 2.24) is 0 Å². The Morgan fingerprint density at radius 3 is 2.82 bits per heavy atom. The lowest BCUT2D eigenvalue weighted by molar-refractivity contribution is 0.111. The molecule has 0 N–H and O–H groups in total. The minimum atomic E-state index is 0.450. The van der Waals surface area contributed by atoms with E-state index < -0.39 is 0 Å². The Kier molecular flexibility index (Phi) is 5.67. The highest BCUT2D eigenvalue weighted by Gasteiger charge is 2.09. The maximum atomic E-state index is 10.9. The number of rotatable bonds is 6. The smallest absolute Gasteiger partial charge is 0.171 e. The molecule has 0 spiro atoms. The molecule has 0 aromatic heterocycles. The monoisotopic (exact) mass is 232 g/mol. The van der Waals surface area contributed by atoms with Gasteiger partial charge in [-0.3, -0.25) is 4.79 Å². The number of benzene rings is 1. The highest BCUT2D eigenvalue weighted by molar-refractivity contribution is 5.81. The molecule has 1 aromatic carbocycles. The lowest BCUT2D eigenvalue weighted by Crippen LogP contribution is -2.03. The van der Waals surface area contributed by atoms with Crippen LogP contribution in [0.25, 0.3) is 0 Å². The Morgan fingerprint density at radius 2 is 2.18 bits per heavy atom. The Bertz CT molecular complexity index is 427. The van der Waals surface area contributed by atoms with Crippen molar-refractivity contribution in [3.05, 3.63) is 23.8 Å². The third-order valence-corrected chi connectivity index (χ3v) is 2.09. The zero-order chi connectivity index (χ0) is 12.5. The molecule has 0 atom stereocenters. The molecule has 0 aliphatic heterocycles. The second kappa shape index (κ2) is 7.34.